The van der Waals surface area contributed by atoms with Gasteiger partial charge in [0.05, 0.1) is 11.1 Å². The van der Waals surface area contributed by atoms with Crippen LogP contribution in [0.1, 0.15) is 24.0 Å². The molecule has 0 bridgehead atoms. The van der Waals surface area contributed by atoms with E-state index < -0.39 is 0 Å². The highest BCUT2D eigenvalue weighted by Crippen LogP contribution is 2.33. The predicted molar refractivity (Wildman–Crippen MR) is 113 cm³/mol. The lowest BCUT2D eigenvalue weighted by molar-refractivity contribution is 0.237. The number of likely N-dealkylation sites (tertiary alicyclic amines) is 1. The number of nitrogens with zero attached hydrogens (tertiary/aromatic N) is 3. The molecule has 1 aromatic heterocycles. The van der Waals surface area contributed by atoms with Gasteiger partial charge >= 0.3 is 0 Å². The van der Waals surface area contributed by atoms with Crippen LogP contribution in [0, 0.1) is 18.3 Å². The van der Waals surface area contributed by atoms with Crippen molar-refractivity contribution >= 4 is 16.6 Å². The summed E-state index contributed by atoms with van der Waals surface area (Å²) in [6, 6.07) is 13.2. The molecule has 0 amide bonds. The third kappa shape index (κ3) is 4.25. The first-order valence-corrected chi connectivity index (χ1v) is 9.86. The van der Waals surface area contributed by atoms with Gasteiger partial charge in [-0.25, -0.2) is 0 Å². The fourth-order valence-corrected chi connectivity index (χ4v) is 3.54. The number of nitriles is 1. The summed E-state index contributed by atoms with van der Waals surface area (Å²) in [6.07, 6.45) is 4.19. The fraction of sp³-hybridized carbons (Fsp3) is 0.304. The Labute approximate surface area is 170 Å². The molecule has 6 nitrogen and oxygen atoms in total. The van der Waals surface area contributed by atoms with Crippen LogP contribution >= 0.6 is 0 Å². The molecule has 0 saturated carbocycles. The van der Waals surface area contributed by atoms with E-state index in [9.17, 15) is 5.26 Å². The van der Waals surface area contributed by atoms with E-state index >= 15 is 0 Å². The molecular formula is C23H24N4O2. The Balaban J connectivity index is 1.58. The number of aromatic nitrogens is 1. The highest BCUT2D eigenvalue weighted by atomic mass is 16.5. The average Bonchev–Trinajstić information content (AvgIpc) is 3.24. The van der Waals surface area contributed by atoms with Crippen molar-refractivity contribution < 1.29 is 9.47 Å². The van der Waals surface area contributed by atoms with Crippen molar-refractivity contribution in [1.82, 2.24) is 9.88 Å². The first kappa shape index (κ1) is 19.0. The zero-order valence-electron chi connectivity index (χ0n) is 16.5. The average molecular weight is 388 g/mol. The van der Waals surface area contributed by atoms with E-state index in [-0.39, 0.29) is 0 Å². The molecule has 0 spiro atoms. The summed E-state index contributed by atoms with van der Waals surface area (Å²) in [7, 11) is 0. The zero-order chi connectivity index (χ0) is 20.2. The van der Waals surface area contributed by atoms with E-state index in [1.54, 1.807) is 24.4 Å². The van der Waals surface area contributed by atoms with Gasteiger partial charge in [0.2, 0.25) is 0 Å². The summed E-state index contributed by atoms with van der Waals surface area (Å²) in [5.74, 6) is 1.83. The molecule has 0 aliphatic carbocycles. The Bertz CT molecular complexity index is 1070. The molecule has 1 fully saturated rings. The lowest BCUT2D eigenvalue weighted by Gasteiger charge is -2.16. The third-order valence-electron chi connectivity index (χ3n) is 5.27. The molecule has 2 aromatic carbocycles. The van der Waals surface area contributed by atoms with Gasteiger partial charge in [-0.2, -0.15) is 5.26 Å². The van der Waals surface area contributed by atoms with Gasteiger partial charge in [0.25, 0.3) is 0 Å². The van der Waals surface area contributed by atoms with E-state index in [0.29, 0.717) is 35.1 Å². The van der Waals surface area contributed by atoms with Crippen LogP contribution in [0.2, 0.25) is 0 Å². The van der Waals surface area contributed by atoms with E-state index in [2.05, 4.69) is 16.0 Å². The minimum absolute atomic E-state index is 0.472. The summed E-state index contributed by atoms with van der Waals surface area (Å²) in [5, 5.41) is 10.4. The van der Waals surface area contributed by atoms with E-state index in [1.807, 2.05) is 25.1 Å². The molecule has 1 aliphatic rings. The number of ether oxygens (including phenoxy) is 2. The maximum Gasteiger partial charge on any atom is 0.139 e. The van der Waals surface area contributed by atoms with Crippen molar-refractivity contribution in [3.63, 3.8) is 0 Å². The number of aryl methyl sites for hydroxylation is 1. The number of nitrogen functional groups attached to an aromatic ring is 1. The van der Waals surface area contributed by atoms with Gasteiger partial charge in [-0.05, 0) is 56.6 Å². The molecule has 1 aliphatic heterocycles. The molecule has 2 N–H and O–H groups in total. The van der Waals surface area contributed by atoms with Gasteiger partial charge in [0, 0.05) is 35.9 Å². The van der Waals surface area contributed by atoms with Crippen LogP contribution in [0.5, 0.6) is 17.2 Å². The summed E-state index contributed by atoms with van der Waals surface area (Å²) in [4.78, 5) is 6.81. The molecule has 1 saturated heterocycles. The molecule has 4 rings (SSSR count). The SMILES string of the molecule is Cc1ccc(Oc2ccnc3cc(OCCN4CCCC4)c(C#N)cc23)cc1N. The molecule has 0 atom stereocenters. The standard InChI is InChI=1S/C23H24N4O2/c1-16-4-5-18(13-20(16)25)29-22-6-7-26-21-14-23(17(15-24)12-19(21)22)28-11-10-27-8-2-3-9-27/h4-7,12-14H,2-3,8-11,25H2,1H3. The Morgan fingerprint density at radius 2 is 1.97 bits per heavy atom. The van der Waals surface area contributed by atoms with Crippen LogP contribution < -0.4 is 15.2 Å². The first-order valence-electron chi connectivity index (χ1n) is 9.86. The molecule has 29 heavy (non-hydrogen) atoms. The Morgan fingerprint density at radius 1 is 1.14 bits per heavy atom. The third-order valence-corrected chi connectivity index (χ3v) is 5.27. The van der Waals surface area contributed by atoms with Crippen LogP contribution in [0.15, 0.2) is 42.6 Å². The van der Waals surface area contributed by atoms with Gasteiger partial charge < -0.3 is 15.2 Å². The molecule has 0 unspecified atom stereocenters. The van der Waals surface area contributed by atoms with Crippen molar-refractivity contribution in [2.75, 3.05) is 32.0 Å². The Morgan fingerprint density at radius 3 is 2.72 bits per heavy atom. The highest BCUT2D eigenvalue weighted by Gasteiger charge is 2.14. The van der Waals surface area contributed by atoms with Crippen molar-refractivity contribution in [1.29, 1.82) is 5.26 Å². The monoisotopic (exact) mass is 388 g/mol. The van der Waals surface area contributed by atoms with E-state index in [4.69, 9.17) is 15.2 Å². The lowest BCUT2D eigenvalue weighted by Crippen LogP contribution is -2.25. The van der Waals surface area contributed by atoms with Crippen LogP contribution in [0.4, 0.5) is 5.69 Å². The second-order valence-electron chi connectivity index (χ2n) is 7.30. The number of benzene rings is 2. The van der Waals surface area contributed by atoms with E-state index in [0.717, 1.165) is 36.1 Å². The Hall–Kier alpha value is -3.30. The predicted octanol–water partition coefficient (Wildman–Crippen LogP) is 4.26. The van der Waals surface area contributed by atoms with Crippen LogP contribution in [0.25, 0.3) is 10.9 Å². The summed E-state index contributed by atoms with van der Waals surface area (Å²) in [5.41, 5.74) is 8.85. The van der Waals surface area contributed by atoms with Crippen LogP contribution in [-0.2, 0) is 0 Å². The number of pyridine rings is 1. The number of fused-ring (bicyclic) bond motifs is 1. The van der Waals surface area contributed by atoms with Gasteiger partial charge in [-0.3, -0.25) is 9.88 Å². The van der Waals surface area contributed by atoms with Gasteiger partial charge in [0.15, 0.2) is 0 Å². The van der Waals surface area contributed by atoms with Gasteiger partial charge in [-0.1, -0.05) is 6.07 Å². The minimum atomic E-state index is 0.472. The molecule has 0 radical (unpaired) electrons. The fourth-order valence-electron chi connectivity index (χ4n) is 3.54. The molecule has 148 valence electrons. The minimum Gasteiger partial charge on any atom is -0.491 e. The normalized spacial score (nSPS) is 14.1. The quantitative estimate of drug-likeness (QED) is 0.635. The second-order valence-corrected chi connectivity index (χ2v) is 7.30. The first-order chi connectivity index (χ1) is 14.1. The van der Waals surface area contributed by atoms with Crippen molar-refractivity contribution in [2.45, 2.75) is 19.8 Å². The summed E-state index contributed by atoms with van der Waals surface area (Å²) >= 11 is 0. The van der Waals surface area contributed by atoms with Crippen LogP contribution in [0.3, 0.4) is 0 Å². The summed E-state index contributed by atoms with van der Waals surface area (Å²) < 4.78 is 12.0. The van der Waals surface area contributed by atoms with Crippen molar-refractivity contribution in [3.8, 4) is 23.3 Å². The number of hydrogen-bond donors (Lipinski definition) is 1. The smallest absolute Gasteiger partial charge is 0.139 e. The molecule has 6 heteroatoms. The Kier molecular flexibility index (Phi) is 5.50. The topological polar surface area (TPSA) is 84.4 Å². The van der Waals surface area contributed by atoms with Gasteiger partial charge in [-0.15, -0.1) is 0 Å². The highest BCUT2D eigenvalue weighted by molar-refractivity contribution is 5.88. The zero-order valence-corrected chi connectivity index (χ0v) is 16.5. The van der Waals surface area contributed by atoms with E-state index in [1.165, 1.54) is 12.8 Å². The van der Waals surface area contributed by atoms with Crippen molar-refractivity contribution in [2.24, 2.45) is 0 Å². The van der Waals surface area contributed by atoms with Gasteiger partial charge in [0.1, 0.15) is 29.9 Å². The molecule has 2 heterocycles. The molecular weight excluding hydrogens is 364 g/mol. The second kappa shape index (κ2) is 8.38. The number of anilines is 1. The number of hydrogen-bond acceptors (Lipinski definition) is 6. The maximum atomic E-state index is 9.62. The van der Waals surface area contributed by atoms with Crippen LogP contribution in [-0.4, -0.2) is 36.1 Å². The summed E-state index contributed by atoms with van der Waals surface area (Å²) in [6.45, 7) is 5.62. The largest absolute Gasteiger partial charge is 0.491 e. The number of nitrogens with two attached hydrogens (primary N) is 1. The maximum absolute atomic E-state index is 9.62. The molecule has 3 aromatic rings. The lowest BCUT2D eigenvalue weighted by atomic mass is 10.1. The number of rotatable bonds is 6. The van der Waals surface area contributed by atoms with Crippen molar-refractivity contribution in [3.05, 3.63) is 53.7 Å².